The SMILES string of the molecule is Cl.NC1CC2CCCC(C1)C2NC(=O)C1CNNC1c1ccccc1F. The van der Waals surface area contributed by atoms with Crippen LogP contribution < -0.4 is 21.9 Å². The first kappa shape index (κ1) is 19.5. The summed E-state index contributed by atoms with van der Waals surface area (Å²) in [6.45, 7) is 0.506. The van der Waals surface area contributed by atoms with Gasteiger partial charge in [-0.15, -0.1) is 12.4 Å². The van der Waals surface area contributed by atoms with Gasteiger partial charge in [-0.05, 0) is 43.6 Å². The summed E-state index contributed by atoms with van der Waals surface area (Å²) in [6.07, 6.45) is 5.53. The summed E-state index contributed by atoms with van der Waals surface area (Å²) < 4.78 is 14.2. The molecule has 3 fully saturated rings. The molecule has 5 N–H and O–H groups in total. The Bertz CT molecular complexity index is 632. The van der Waals surface area contributed by atoms with Gasteiger partial charge in [0.05, 0.1) is 12.0 Å². The van der Waals surface area contributed by atoms with E-state index in [0.717, 1.165) is 25.7 Å². The molecule has 2 bridgehead atoms. The number of carbonyl (C=O) groups excluding carboxylic acids is 1. The van der Waals surface area contributed by atoms with Crippen molar-refractivity contribution in [3.8, 4) is 0 Å². The van der Waals surface area contributed by atoms with E-state index in [2.05, 4.69) is 16.2 Å². The predicted molar refractivity (Wildman–Crippen MR) is 101 cm³/mol. The molecule has 0 aromatic heterocycles. The summed E-state index contributed by atoms with van der Waals surface area (Å²) in [5.41, 5.74) is 12.8. The maximum absolute atomic E-state index is 14.2. The van der Waals surface area contributed by atoms with Crippen LogP contribution in [-0.2, 0) is 4.79 Å². The van der Waals surface area contributed by atoms with Crippen molar-refractivity contribution in [1.29, 1.82) is 0 Å². The van der Waals surface area contributed by atoms with Crippen LogP contribution in [0.3, 0.4) is 0 Å². The molecule has 5 nitrogen and oxygen atoms in total. The molecule has 144 valence electrons. The van der Waals surface area contributed by atoms with E-state index in [4.69, 9.17) is 5.73 Å². The van der Waals surface area contributed by atoms with Crippen LogP contribution in [-0.4, -0.2) is 24.5 Å². The average molecular weight is 383 g/mol. The Morgan fingerprint density at radius 1 is 1.19 bits per heavy atom. The number of rotatable bonds is 3. The van der Waals surface area contributed by atoms with Gasteiger partial charge in [0.15, 0.2) is 0 Å². The van der Waals surface area contributed by atoms with Crippen LogP contribution in [0.2, 0.25) is 0 Å². The fourth-order valence-electron chi connectivity index (χ4n) is 5.06. The highest BCUT2D eigenvalue weighted by Gasteiger charge is 2.42. The second-order valence-electron chi connectivity index (χ2n) is 7.85. The first-order chi connectivity index (χ1) is 12.1. The molecule has 4 rings (SSSR count). The summed E-state index contributed by atoms with van der Waals surface area (Å²) in [4.78, 5) is 13.0. The van der Waals surface area contributed by atoms with E-state index >= 15 is 0 Å². The van der Waals surface area contributed by atoms with Gasteiger partial charge in [-0.25, -0.2) is 9.82 Å². The van der Waals surface area contributed by atoms with Gasteiger partial charge in [-0.3, -0.25) is 10.2 Å². The fourth-order valence-corrected chi connectivity index (χ4v) is 5.06. The molecule has 3 aliphatic rings. The number of halogens is 2. The Kier molecular flexibility index (Phi) is 6.17. The van der Waals surface area contributed by atoms with Gasteiger partial charge in [0.2, 0.25) is 5.91 Å². The normalized spacial score (nSPS) is 36.2. The molecule has 2 saturated carbocycles. The van der Waals surface area contributed by atoms with Gasteiger partial charge < -0.3 is 11.1 Å². The number of nitrogens with one attached hydrogen (secondary N) is 3. The minimum atomic E-state index is -0.341. The molecule has 26 heavy (non-hydrogen) atoms. The lowest BCUT2D eigenvalue weighted by atomic mass is 9.67. The van der Waals surface area contributed by atoms with E-state index in [-0.39, 0.29) is 48.2 Å². The van der Waals surface area contributed by atoms with Crippen LogP contribution >= 0.6 is 12.4 Å². The Hall–Kier alpha value is -1.21. The molecule has 1 saturated heterocycles. The third-order valence-electron chi connectivity index (χ3n) is 6.24. The summed E-state index contributed by atoms with van der Waals surface area (Å²) in [7, 11) is 0. The highest BCUT2D eigenvalue weighted by Crippen LogP contribution is 2.40. The van der Waals surface area contributed by atoms with Crippen molar-refractivity contribution in [3.63, 3.8) is 0 Å². The van der Waals surface area contributed by atoms with E-state index in [0.29, 0.717) is 23.9 Å². The maximum Gasteiger partial charge on any atom is 0.226 e. The predicted octanol–water partition coefficient (Wildman–Crippen LogP) is 2.03. The molecule has 1 amide bonds. The first-order valence-corrected chi connectivity index (χ1v) is 9.42. The van der Waals surface area contributed by atoms with Crippen LogP contribution in [0.5, 0.6) is 0 Å². The first-order valence-electron chi connectivity index (χ1n) is 9.42. The lowest BCUT2D eigenvalue weighted by Gasteiger charge is -2.45. The highest BCUT2D eigenvalue weighted by molar-refractivity contribution is 5.85. The van der Waals surface area contributed by atoms with Crippen molar-refractivity contribution < 1.29 is 9.18 Å². The molecule has 1 aliphatic heterocycles. The zero-order valence-electron chi connectivity index (χ0n) is 14.8. The van der Waals surface area contributed by atoms with Crippen molar-refractivity contribution in [2.45, 2.75) is 50.2 Å². The van der Waals surface area contributed by atoms with Gasteiger partial charge >= 0.3 is 0 Å². The van der Waals surface area contributed by atoms with Crippen molar-refractivity contribution >= 4 is 18.3 Å². The lowest BCUT2D eigenvalue weighted by molar-refractivity contribution is -0.127. The van der Waals surface area contributed by atoms with Crippen LogP contribution in [0, 0.1) is 23.6 Å². The molecule has 1 aromatic carbocycles. The molecule has 0 spiro atoms. The van der Waals surface area contributed by atoms with Crippen molar-refractivity contribution in [2.75, 3.05) is 6.54 Å². The lowest BCUT2D eigenvalue weighted by Crippen LogP contribution is -2.55. The van der Waals surface area contributed by atoms with Crippen LogP contribution in [0.1, 0.15) is 43.7 Å². The molecule has 4 unspecified atom stereocenters. The van der Waals surface area contributed by atoms with Gasteiger partial charge in [-0.1, -0.05) is 24.6 Å². The minimum absolute atomic E-state index is 0. The number of benzene rings is 1. The Morgan fingerprint density at radius 2 is 1.88 bits per heavy atom. The smallest absolute Gasteiger partial charge is 0.226 e. The molecule has 2 aliphatic carbocycles. The average Bonchev–Trinajstić information content (AvgIpc) is 3.05. The zero-order chi connectivity index (χ0) is 17.4. The number of fused-ring (bicyclic) bond motifs is 2. The third-order valence-corrected chi connectivity index (χ3v) is 6.24. The molecule has 0 radical (unpaired) electrons. The Balaban J connectivity index is 0.00000196. The van der Waals surface area contributed by atoms with E-state index in [1.807, 2.05) is 0 Å². The molecular weight excluding hydrogens is 355 g/mol. The number of hydrazine groups is 1. The summed E-state index contributed by atoms with van der Waals surface area (Å²) in [6, 6.07) is 6.81. The molecular formula is C19H28ClFN4O. The van der Waals surface area contributed by atoms with Crippen LogP contribution in [0.4, 0.5) is 4.39 Å². The zero-order valence-corrected chi connectivity index (χ0v) is 15.6. The van der Waals surface area contributed by atoms with E-state index in [1.165, 1.54) is 12.5 Å². The van der Waals surface area contributed by atoms with Gasteiger partial charge in [0.25, 0.3) is 0 Å². The van der Waals surface area contributed by atoms with E-state index in [1.54, 1.807) is 18.2 Å². The van der Waals surface area contributed by atoms with Crippen molar-refractivity contribution in [3.05, 3.63) is 35.6 Å². The largest absolute Gasteiger partial charge is 0.352 e. The Labute approximate surface area is 160 Å². The second-order valence-corrected chi connectivity index (χ2v) is 7.85. The topological polar surface area (TPSA) is 79.2 Å². The molecule has 1 aromatic rings. The van der Waals surface area contributed by atoms with E-state index < -0.39 is 0 Å². The molecule has 7 heteroatoms. The second kappa shape index (κ2) is 8.21. The van der Waals surface area contributed by atoms with Crippen molar-refractivity contribution in [2.24, 2.45) is 23.5 Å². The van der Waals surface area contributed by atoms with Gasteiger partial charge in [-0.2, -0.15) is 0 Å². The van der Waals surface area contributed by atoms with Crippen molar-refractivity contribution in [1.82, 2.24) is 16.2 Å². The fraction of sp³-hybridized carbons (Fsp3) is 0.632. The summed E-state index contributed by atoms with van der Waals surface area (Å²) in [5, 5.41) is 3.31. The number of hydrogen-bond acceptors (Lipinski definition) is 4. The number of nitrogens with two attached hydrogens (primary N) is 1. The standard InChI is InChI=1S/C19H27FN4O.ClH/c20-16-7-2-1-6-14(16)18-15(10-22-24-18)19(25)23-17-11-4-3-5-12(17)9-13(21)8-11;/h1-2,6-7,11-13,15,17-18,22,24H,3-5,8-10,21H2,(H,23,25);1H. The summed E-state index contributed by atoms with van der Waals surface area (Å²) >= 11 is 0. The quantitative estimate of drug-likeness (QED) is 0.645. The number of carbonyl (C=O) groups is 1. The molecule has 4 atom stereocenters. The monoisotopic (exact) mass is 382 g/mol. The number of amides is 1. The molecule has 1 heterocycles. The maximum atomic E-state index is 14.2. The van der Waals surface area contributed by atoms with E-state index in [9.17, 15) is 9.18 Å². The third kappa shape index (κ3) is 3.74. The van der Waals surface area contributed by atoms with Crippen LogP contribution in [0.25, 0.3) is 0 Å². The van der Waals surface area contributed by atoms with Gasteiger partial charge in [0.1, 0.15) is 5.82 Å². The Morgan fingerprint density at radius 3 is 2.58 bits per heavy atom. The minimum Gasteiger partial charge on any atom is -0.352 e. The van der Waals surface area contributed by atoms with Gasteiger partial charge in [0, 0.05) is 24.2 Å². The highest BCUT2D eigenvalue weighted by atomic mass is 35.5. The number of hydrogen-bond donors (Lipinski definition) is 4. The van der Waals surface area contributed by atoms with Crippen LogP contribution in [0.15, 0.2) is 24.3 Å². The summed E-state index contributed by atoms with van der Waals surface area (Å²) in [5.74, 6) is 0.403.